The predicted octanol–water partition coefficient (Wildman–Crippen LogP) is 3.63. The molecule has 0 saturated carbocycles. The Morgan fingerprint density at radius 3 is 2.86 bits per heavy atom. The van der Waals surface area contributed by atoms with Crippen LogP contribution in [0.1, 0.15) is 52.7 Å². The molecule has 0 spiro atoms. The van der Waals surface area contributed by atoms with E-state index < -0.39 is 0 Å². The van der Waals surface area contributed by atoms with Crippen LogP contribution in [0.2, 0.25) is 0 Å². The second kappa shape index (κ2) is 5.64. The number of nitrogens with zero attached hydrogens (tertiary/aromatic N) is 1. The van der Waals surface area contributed by atoms with Crippen molar-refractivity contribution in [2.45, 2.75) is 46.0 Å². The van der Waals surface area contributed by atoms with Crippen molar-refractivity contribution >= 4 is 33.2 Å². The smallest absolute Gasteiger partial charge is 0.342 e. The second-order valence-electron chi connectivity index (χ2n) is 5.45. The average Bonchev–Trinajstić information content (AvgIpc) is 2.62. The molecule has 0 aromatic carbocycles. The third-order valence-corrected chi connectivity index (χ3v) is 5.24. The molecule has 3 rings (SSSR count). The lowest BCUT2D eigenvalue weighted by atomic mass is 10.0. The van der Waals surface area contributed by atoms with Gasteiger partial charge < -0.3 is 10.5 Å². The van der Waals surface area contributed by atoms with E-state index in [-0.39, 0.29) is 5.97 Å². The molecule has 0 aliphatic heterocycles. The van der Waals surface area contributed by atoms with Gasteiger partial charge in [-0.2, -0.15) is 0 Å². The zero-order chi connectivity index (χ0) is 15.0. The number of thiophene rings is 1. The maximum absolute atomic E-state index is 12.1. The predicted molar refractivity (Wildman–Crippen MR) is 86.0 cm³/mol. The van der Waals surface area contributed by atoms with Gasteiger partial charge in [-0.1, -0.05) is 6.42 Å². The molecule has 0 saturated heterocycles. The molecule has 2 aromatic heterocycles. The van der Waals surface area contributed by atoms with Crippen molar-refractivity contribution < 1.29 is 9.53 Å². The van der Waals surface area contributed by atoms with Gasteiger partial charge in [0.2, 0.25) is 0 Å². The van der Waals surface area contributed by atoms with Gasteiger partial charge in [0, 0.05) is 10.3 Å². The van der Waals surface area contributed by atoms with Crippen LogP contribution in [0.25, 0.3) is 10.2 Å². The maximum atomic E-state index is 12.1. The van der Waals surface area contributed by atoms with E-state index in [0.29, 0.717) is 23.6 Å². The number of nitrogens with two attached hydrogens (primary N) is 1. The molecular weight excluding hydrogens is 284 g/mol. The first-order chi connectivity index (χ1) is 10.1. The topological polar surface area (TPSA) is 65.2 Å². The number of hydrogen-bond acceptors (Lipinski definition) is 5. The SMILES string of the molecule is CCOC(=O)c1c(C)nc2sc3c(c2c1N)CCCCC3. The molecule has 1 aliphatic carbocycles. The number of hydrogen-bond donors (Lipinski definition) is 1. The summed E-state index contributed by atoms with van der Waals surface area (Å²) in [6.45, 7) is 3.97. The number of anilines is 1. The standard InChI is InChI=1S/C16H20N2O2S/c1-3-20-16(19)12-9(2)18-15-13(14(12)17)10-7-5-4-6-8-11(10)21-15/h3-8H2,1-2H3,(H2,17,18). The van der Waals surface area contributed by atoms with Crippen molar-refractivity contribution in [3.05, 3.63) is 21.7 Å². The van der Waals surface area contributed by atoms with Gasteiger partial charge in [0.15, 0.2) is 0 Å². The summed E-state index contributed by atoms with van der Waals surface area (Å²) in [5.41, 5.74) is 9.30. The molecule has 4 nitrogen and oxygen atoms in total. The average molecular weight is 304 g/mol. The minimum atomic E-state index is -0.365. The summed E-state index contributed by atoms with van der Waals surface area (Å²) in [5.74, 6) is -0.365. The van der Waals surface area contributed by atoms with Crippen molar-refractivity contribution in [1.82, 2.24) is 4.98 Å². The second-order valence-corrected chi connectivity index (χ2v) is 6.53. The van der Waals surface area contributed by atoms with Crippen molar-refractivity contribution in [2.75, 3.05) is 12.3 Å². The fourth-order valence-corrected chi connectivity index (χ4v) is 4.40. The zero-order valence-electron chi connectivity index (χ0n) is 12.5. The van der Waals surface area contributed by atoms with Gasteiger partial charge in [-0.25, -0.2) is 9.78 Å². The quantitative estimate of drug-likeness (QED) is 0.679. The number of rotatable bonds is 2. The minimum absolute atomic E-state index is 0.345. The molecule has 0 amide bonds. The van der Waals surface area contributed by atoms with Crippen molar-refractivity contribution in [3.8, 4) is 0 Å². The molecule has 21 heavy (non-hydrogen) atoms. The lowest BCUT2D eigenvalue weighted by Crippen LogP contribution is -2.11. The summed E-state index contributed by atoms with van der Waals surface area (Å²) in [4.78, 5) is 19.1. The van der Waals surface area contributed by atoms with Crippen LogP contribution in [0.5, 0.6) is 0 Å². The first kappa shape index (κ1) is 14.3. The number of aromatic nitrogens is 1. The summed E-state index contributed by atoms with van der Waals surface area (Å²) in [6, 6.07) is 0. The number of carbonyl (C=O) groups is 1. The van der Waals surface area contributed by atoms with Crippen molar-refractivity contribution in [1.29, 1.82) is 0 Å². The molecule has 2 aromatic rings. The Balaban J connectivity index is 2.22. The van der Waals surface area contributed by atoms with Crippen molar-refractivity contribution in [2.24, 2.45) is 0 Å². The summed E-state index contributed by atoms with van der Waals surface area (Å²) in [5, 5.41) is 0.991. The van der Waals surface area contributed by atoms with Gasteiger partial charge in [-0.05, 0) is 45.1 Å². The molecule has 2 heterocycles. The Kier molecular flexibility index (Phi) is 3.85. The lowest BCUT2D eigenvalue weighted by molar-refractivity contribution is 0.0526. The van der Waals surface area contributed by atoms with Gasteiger partial charge in [0.05, 0.1) is 18.0 Å². The van der Waals surface area contributed by atoms with Crippen LogP contribution >= 0.6 is 11.3 Å². The molecule has 0 atom stereocenters. The number of pyridine rings is 1. The van der Waals surface area contributed by atoms with Crippen molar-refractivity contribution in [3.63, 3.8) is 0 Å². The van der Waals surface area contributed by atoms with Crippen LogP contribution in [0.3, 0.4) is 0 Å². The van der Waals surface area contributed by atoms with Gasteiger partial charge in [0.25, 0.3) is 0 Å². The molecular formula is C16H20N2O2S. The van der Waals surface area contributed by atoms with E-state index >= 15 is 0 Å². The van der Waals surface area contributed by atoms with E-state index in [1.165, 1.54) is 29.7 Å². The summed E-state index contributed by atoms with van der Waals surface area (Å²) >= 11 is 1.73. The van der Waals surface area contributed by atoms with E-state index in [1.54, 1.807) is 18.3 Å². The molecule has 0 unspecified atom stereocenters. The number of carbonyl (C=O) groups excluding carboxylic acids is 1. The highest BCUT2D eigenvalue weighted by molar-refractivity contribution is 7.19. The lowest BCUT2D eigenvalue weighted by Gasteiger charge is -2.10. The fraction of sp³-hybridized carbons (Fsp3) is 0.500. The number of fused-ring (bicyclic) bond motifs is 3. The Hall–Kier alpha value is -1.62. The van der Waals surface area contributed by atoms with Crippen LogP contribution in [0, 0.1) is 6.92 Å². The minimum Gasteiger partial charge on any atom is -0.462 e. The van der Waals surface area contributed by atoms with Crippen LogP contribution < -0.4 is 5.73 Å². The van der Waals surface area contributed by atoms with Crippen LogP contribution in [0.15, 0.2) is 0 Å². The molecule has 112 valence electrons. The largest absolute Gasteiger partial charge is 0.462 e. The summed E-state index contributed by atoms with van der Waals surface area (Å²) < 4.78 is 5.13. The summed E-state index contributed by atoms with van der Waals surface area (Å²) in [6.07, 6.45) is 5.80. The number of ether oxygens (including phenoxy) is 1. The highest BCUT2D eigenvalue weighted by Crippen LogP contribution is 2.39. The van der Waals surface area contributed by atoms with Gasteiger partial charge in [0.1, 0.15) is 10.4 Å². The van der Waals surface area contributed by atoms with E-state index in [4.69, 9.17) is 10.5 Å². The maximum Gasteiger partial charge on any atom is 0.342 e. The number of esters is 1. The first-order valence-corrected chi connectivity index (χ1v) is 8.32. The first-order valence-electron chi connectivity index (χ1n) is 7.51. The van der Waals surface area contributed by atoms with Crippen LogP contribution in [-0.4, -0.2) is 17.6 Å². The monoisotopic (exact) mass is 304 g/mol. The third-order valence-electron chi connectivity index (χ3n) is 4.05. The van der Waals surface area contributed by atoms with Gasteiger partial charge in [-0.15, -0.1) is 11.3 Å². The molecule has 5 heteroatoms. The van der Waals surface area contributed by atoms with E-state index in [0.717, 1.165) is 23.1 Å². The van der Waals surface area contributed by atoms with E-state index in [1.807, 2.05) is 6.92 Å². The van der Waals surface area contributed by atoms with Crippen LogP contribution in [-0.2, 0) is 17.6 Å². The third kappa shape index (κ3) is 2.39. The van der Waals surface area contributed by atoms with E-state index in [2.05, 4.69) is 4.98 Å². The fourth-order valence-electron chi connectivity index (χ4n) is 3.07. The molecule has 0 fully saturated rings. The summed E-state index contributed by atoms with van der Waals surface area (Å²) in [7, 11) is 0. The Morgan fingerprint density at radius 2 is 2.10 bits per heavy atom. The highest BCUT2D eigenvalue weighted by Gasteiger charge is 2.24. The molecule has 0 bridgehead atoms. The molecule has 1 aliphatic rings. The number of aryl methyl sites for hydroxylation is 3. The van der Waals surface area contributed by atoms with Gasteiger partial charge >= 0.3 is 5.97 Å². The zero-order valence-corrected chi connectivity index (χ0v) is 13.3. The van der Waals surface area contributed by atoms with Crippen LogP contribution in [0.4, 0.5) is 5.69 Å². The molecule has 2 N–H and O–H groups in total. The van der Waals surface area contributed by atoms with E-state index in [9.17, 15) is 4.79 Å². The highest BCUT2D eigenvalue weighted by atomic mass is 32.1. The Morgan fingerprint density at radius 1 is 1.33 bits per heavy atom. The number of nitrogen functional groups attached to an aromatic ring is 1. The van der Waals surface area contributed by atoms with Gasteiger partial charge in [-0.3, -0.25) is 0 Å². The molecule has 0 radical (unpaired) electrons. The Bertz CT molecular complexity index is 706. The Labute approximate surface area is 128 Å². The normalized spacial score (nSPS) is 14.8.